The van der Waals surface area contributed by atoms with Crippen LogP contribution in [0, 0.1) is 10.8 Å². The molecule has 0 radical (unpaired) electrons. The molecule has 256 valence electrons. The van der Waals surface area contributed by atoms with Crippen LogP contribution in [0.3, 0.4) is 0 Å². The van der Waals surface area contributed by atoms with Crippen LogP contribution in [-0.2, 0) is 19.1 Å². The van der Waals surface area contributed by atoms with Crippen molar-refractivity contribution in [3.05, 3.63) is 100 Å². The van der Waals surface area contributed by atoms with Crippen LogP contribution in [0.1, 0.15) is 101 Å². The molecule has 0 aromatic rings. The van der Waals surface area contributed by atoms with Crippen molar-refractivity contribution in [3.63, 3.8) is 0 Å². The van der Waals surface area contributed by atoms with Gasteiger partial charge >= 0.3 is 5.97 Å². The van der Waals surface area contributed by atoms with Gasteiger partial charge in [-0.3, -0.25) is 9.59 Å². The molecular formula is C41H56O6. The third-order valence-electron chi connectivity index (χ3n) is 9.85. The molecule has 1 heterocycles. The van der Waals surface area contributed by atoms with Crippen molar-refractivity contribution in [1.29, 1.82) is 0 Å². The van der Waals surface area contributed by atoms with Gasteiger partial charge in [-0.05, 0) is 75.5 Å². The highest BCUT2D eigenvalue weighted by Gasteiger charge is 2.76. The Kier molecular flexibility index (Phi) is 12.4. The second-order valence-electron chi connectivity index (χ2n) is 15.2. The molecule has 3 fully saturated rings. The van der Waals surface area contributed by atoms with Crippen molar-refractivity contribution >= 4 is 11.8 Å². The maximum atomic E-state index is 13.1. The Morgan fingerprint density at radius 2 is 1.40 bits per heavy atom. The zero-order valence-electron chi connectivity index (χ0n) is 30.1. The third-order valence-corrected chi connectivity index (χ3v) is 9.85. The van der Waals surface area contributed by atoms with Crippen LogP contribution in [0.25, 0.3) is 0 Å². The zero-order chi connectivity index (χ0) is 35.2. The summed E-state index contributed by atoms with van der Waals surface area (Å²) in [5.74, 6) is -0.238. The van der Waals surface area contributed by atoms with Gasteiger partial charge in [-0.2, -0.15) is 0 Å². The first-order chi connectivity index (χ1) is 21.8. The van der Waals surface area contributed by atoms with Gasteiger partial charge < -0.3 is 19.7 Å². The summed E-state index contributed by atoms with van der Waals surface area (Å²) in [6.45, 7) is 19.6. The van der Waals surface area contributed by atoms with Crippen LogP contribution in [-0.4, -0.2) is 51.5 Å². The van der Waals surface area contributed by atoms with Gasteiger partial charge in [0.2, 0.25) is 0 Å². The van der Waals surface area contributed by atoms with Gasteiger partial charge in [0.1, 0.15) is 11.7 Å². The number of aliphatic hydroxyl groups excluding tert-OH is 2. The highest BCUT2D eigenvalue weighted by molar-refractivity contribution is 5.96. The maximum absolute atomic E-state index is 13.1. The van der Waals surface area contributed by atoms with E-state index >= 15 is 0 Å². The van der Waals surface area contributed by atoms with E-state index in [9.17, 15) is 19.8 Å². The molecule has 0 aromatic heterocycles. The lowest BCUT2D eigenvalue weighted by Gasteiger charge is -2.40. The Bertz CT molecular complexity index is 1480. The number of aliphatic hydroxyl groups is 2. The number of Topliss-reactive ketones (excluding diaryl/α,β-unsaturated/α-hetero) is 1. The van der Waals surface area contributed by atoms with E-state index in [0.717, 1.165) is 22.3 Å². The van der Waals surface area contributed by atoms with E-state index in [1.165, 1.54) is 6.92 Å². The maximum Gasteiger partial charge on any atom is 0.302 e. The smallest absolute Gasteiger partial charge is 0.302 e. The van der Waals surface area contributed by atoms with Crippen LogP contribution in [0.4, 0.5) is 0 Å². The van der Waals surface area contributed by atoms with Gasteiger partial charge in [0.25, 0.3) is 0 Å². The monoisotopic (exact) mass is 644 g/mol. The quantitative estimate of drug-likeness (QED) is 0.0772. The normalized spacial score (nSPS) is 31.2. The summed E-state index contributed by atoms with van der Waals surface area (Å²) < 4.78 is 11.5. The zero-order valence-corrected chi connectivity index (χ0v) is 30.1. The van der Waals surface area contributed by atoms with Crippen LogP contribution in [0.5, 0.6) is 0 Å². The average Bonchev–Trinajstić information content (AvgIpc) is 3.54. The van der Waals surface area contributed by atoms with E-state index in [1.807, 2.05) is 115 Å². The number of carbonyl (C=O) groups excluding carboxylic acids is 2. The Labute approximate surface area is 282 Å². The van der Waals surface area contributed by atoms with Crippen molar-refractivity contribution < 1.29 is 29.3 Å². The Morgan fingerprint density at radius 1 is 0.830 bits per heavy atom. The largest absolute Gasteiger partial charge is 0.462 e. The van der Waals surface area contributed by atoms with Crippen LogP contribution >= 0.6 is 0 Å². The number of esters is 1. The van der Waals surface area contributed by atoms with E-state index < -0.39 is 17.3 Å². The number of hydrogen-bond donors (Lipinski definition) is 2. The van der Waals surface area contributed by atoms with Gasteiger partial charge in [0, 0.05) is 31.8 Å². The number of rotatable bonds is 11. The molecule has 47 heavy (non-hydrogen) atoms. The van der Waals surface area contributed by atoms with E-state index in [4.69, 9.17) is 9.47 Å². The second-order valence-corrected chi connectivity index (χ2v) is 15.2. The van der Waals surface area contributed by atoms with Gasteiger partial charge in [-0.15, -0.1) is 5.73 Å². The SMILES string of the molecule is CC(=O)O[C@@H]1C[C@@H](O)C(=C=C/C(C)=C/C=C/C(C)=C/C=C/C=C(C)/C=C/C=C(\C)C(=O)C[C@]23O[C@@]2(C)C[C@H](O)CC3(C)C)C(C)(C)C1. The minimum Gasteiger partial charge on any atom is -0.462 e. The molecule has 0 aromatic carbocycles. The van der Waals surface area contributed by atoms with Crippen molar-refractivity contribution in [2.45, 2.75) is 131 Å². The molecule has 0 spiro atoms. The highest BCUT2D eigenvalue weighted by atomic mass is 16.6. The molecule has 3 rings (SSSR count). The number of epoxide rings is 1. The third kappa shape index (κ3) is 9.87. The lowest BCUT2D eigenvalue weighted by atomic mass is 9.61. The van der Waals surface area contributed by atoms with Crippen molar-refractivity contribution in [2.75, 3.05) is 0 Å². The van der Waals surface area contributed by atoms with E-state index in [1.54, 1.807) is 0 Å². The molecule has 2 aliphatic carbocycles. The number of ether oxygens (including phenoxy) is 2. The number of allylic oxidation sites excluding steroid dienone is 14. The first kappa shape index (κ1) is 38.2. The molecule has 6 nitrogen and oxygen atoms in total. The fourth-order valence-corrected chi connectivity index (χ4v) is 7.27. The molecule has 2 N–H and O–H groups in total. The lowest BCUT2D eigenvalue weighted by Crippen LogP contribution is -2.48. The number of ketones is 1. The summed E-state index contributed by atoms with van der Waals surface area (Å²) >= 11 is 0. The molecule has 2 saturated carbocycles. The molecular weight excluding hydrogens is 588 g/mol. The number of fused-ring (bicyclic) bond motifs is 1. The predicted octanol–water partition coefficient (Wildman–Crippen LogP) is 8.30. The summed E-state index contributed by atoms with van der Waals surface area (Å²) in [6.07, 6.45) is 23.0. The molecule has 1 aliphatic heterocycles. The topological polar surface area (TPSA) is 96.4 Å². The first-order valence-electron chi connectivity index (χ1n) is 16.8. The van der Waals surface area contributed by atoms with Crippen LogP contribution < -0.4 is 0 Å². The first-order valence-corrected chi connectivity index (χ1v) is 16.8. The Morgan fingerprint density at radius 3 is 1.96 bits per heavy atom. The van der Waals surface area contributed by atoms with Crippen molar-refractivity contribution in [3.8, 4) is 0 Å². The summed E-state index contributed by atoms with van der Waals surface area (Å²) in [4.78, 5) is 24.4. The fourth-order valence-electron chi connectivity index (χ4n) is 7.27. The standard InChI is InChI=1S/C41H56O6/c1-28(17-13-18-30(3)21-22-35-36(44)23-34(46-32(5)42)26-38(35,6)7)15-11-12-16-29(2)19-14-20-31(4)37(45)27-41-39(8,9)24-33(43)25-40(41,10)47-41/h11-21,33-34,36,43-44H,23-27H2,1-10H3/b12-11+,17-13+,19-14+,28-15+,29-16+,30-18+,31-20+/t22?,33-,34-,36-,40+,41-/m1/s1. The van der Waals surface area contributed by atoms with Crippen molar-refractivity contribution in [1.82, 2.24) is 0 Å². The predicted molar refractivity (Wildman–Crippen MR) is 189 cm³/mol. The molecule has 1 saturated heterocycles. The number of hydrogen-bond acceptors (Lipinski definition) is 6. The van der Waals surface area contributed by atoms with E-state index in [2.05, 4.69) is 19.6 Å². The van der Waals surface area contributed by atoms with E-state index in [0.29, 0.717) is 37.7 Å². The van der Waals surface area contributed by atoms with Crippen LogP contribution in [0.2, 0.25) is 0 Å². The summed E-state index contributed by atoms with van der Waals surface area (Å²) in [7, 11) is 0. The molecule has 5 atom stereocenters. The van der Waals surface area contributed by atoms with Gasteiger partial charge in [0.05, 0.1) is 17.8 Å². The molecule has 3 aliphatic rings. The molecule has 0 unspecified atom stereocenters. The summed E-state index contributed by atoms with van der Waals surface area (Å²) in [5, 5.41) is 20.9. The van der Waals surface area contributed by atoms with E-state index in [-0.39, 0.29) is 34.8 Å². The minimum atomic E-state index is -0.691. The summed E-state index contributed by atoms with van der Waals surface area (Å²) in [6, 6.07) is 0. The minimum absolute atomic E-state index is 0.0822. The fraction of sp³-hybridized carbons (Fsp3) is 0.537. The van der Waals surface area contributed by atoms with Gasteiger partial charge in [-0.25, -0.2) is 0 Å². The second kappa shape index (κ2) is 15.3. The lowest BCUT2D eigenvalue weighted by molar-refractivity contribution is -0.150. The Balaban J connectivity index is 1.51. The van der Waals surface area contributed by atoms with Gasteiger partial charge in [0.15, 0.2) is 5.78 Å². The van der Waals surface area contributed by atoms with Gasteiger partial charge in [-0.1, -0.05) is 99.6 Å². The molecule has 0 bridgehead atoms. The average molecular weight is 645 g/mol. The van der Waals surface area contributed by atoms with Crippen LogP contribution in [0.15, 0.2) is 100 Å². The Hall–Kier alpha value is -3.28. The molecule has 6 heteroatoms. The highest BCUT2D eigenvalue weighted by Crippen LogP contribution is 2.67. The number of carbonyl (C=O) groups is 2. The summed E-state index contributed by atoms with van der Waals surface area (Å²) in [5.41, 5.74) is 6.49. The molecule has 0 amide bonds. The van der Waals surface area contributed by atoms with Crippen molar-refractivity contribution in [2.24, 2.45) is 10.8 Å².